The number of ether oxygens (including phenoxy) is 1. The topological polar surface area (TPSA) is 108 Å². The molecule has 3 unspecified atom stereocenters. The average molecular weight is 498 g/mol. The van der Waals surface area contributed by atoms with Gasteiger partial charge in [0.2, 0.25) is 5.91 Å². The number of hydrogen-bond donors (Lipinski definition) is 3. The molecule has 36 heavy (non-hydrogen) atoms. The van der Waals surface area contributed by atoms with E-state index in [0.717, 1.165) is 5.56 Å². The van der Waals surface area contributed by atoms with Crippen molar-refractivity contribution in [3.05, 3.63) is 59.2 Å². The van der Waals surface area contributed by atoms with Crippen LogP contribution in [-0.2, 0) is 14.3 Å². The van der Waals surface area contributed by atoms with Crippen LogP contribution in [0.3, 0.4) is 0 Å². The number of hydrogen-bond acceptors (Lipinski definition) is 5. The molecule has 2 aromatic rings. The van der Waals surface area contributed by atoms with Crippen molar-refractivity contribution in [2.75, 3.05) is 12.4 Å². The second-order valence-corrected chi connectivity index (χ2v) is 10.2. The smallest absolute Gasteiger partial charge is 0.408 e. The summed E-state index contributed by atoms with van der Waals surface area (Å²) in [5, 5.41) is 15.7. The Morgan fingerprint density at radius 3 is 2.25 bits per heavy atom. The summed E-state index contributed by atoms with van der Waals surface area (Å²) < 4.78 is 5.38. The number of phenols is 1. The third-order valence-electron chi connectivity index (χ3n) is 6.07. The Kier molecular flexibility index (Phi) is 9.50. The van der Waals surface area contributed by atoms with Crippen molar-refractivity contribution in [2.45, 2.75) is 72.6 Å². The van der Waals surface area contributed by atoms with E-state index in [0.29, 0.717) is 23.2 Å². The predicted molar refractivity (Wildman–Crippen MR) is 141 cm³/mol. The third-order valence-corrected chi connectivity index (χ3v) is 6.07. The molecule has 0 saturated carbocycles. The van der Waals surface area contributed by atoms with Gasteiger partial charge in [-0.05, 0) is 75.4 Å². The minimum absolute atomic E-state index is 0.0925. The van der Waals surface area contributed by atoms with Gasteiger partial charge in [-0.2, -0.15) is 0 Å². The van der Waals surface area contributed by atoms with Gasteiger partial charge < -0.3 is 25.4 Å². The van der Waals surface area contributed by atoms with Crippen LogP contribution < -0.4 is 10.6 Å². The molecule has 8 nitrogen and oxygen atoms in total. The van der Waals surface area contributed by atoms with Gasteiger partial charge in [-0.15, -0.1) is 0 Å². The molecule has 0 aliphatic rings. The monoisotopic (exact) mass is 497 g/mol. The highest BCUT2D eigenvalue weighted by Gasteiger charge is 2.36. The molecule has 0 aliphatic carbocycles. The Morgan fingerprint density at radius 2 is 1.69 bits per heavy atom. The van der Waals surface area contributed by atoms with E-state index in [2.05, 4.69) is 10.6 Å². The largest absolute Gasteiger partial charge is 0.508 e. The molecular weight excluding hydrogens is 458 g/mol. The highest BCUT2D eigenvalue weighted by atomic mass is 16.6. The molecule has 0 radical (unpaired) electrons. The first-order chi connectivity index (χ1) is 16.7. The zero-order chi connectivity index (χ0) is 27.2. The standard InChI is InChI=1S/C28H39N3O5/c1-9-17(2)23(30-27(35)36-28(5,6)7)26(34)31(8)24(20-14-15-22(32)19(4)16-20)25(33)29-21-13-11-10-12-18(21)3/h10-17,23-24,32H,9H2,1-8H3,(H,29,33)(H,30,35). The zero-order valence-electron chi connectivity index (χ0n) is 22.5. The van der Waals surface area contributed by atoms with Gasteiger partial charge in [-0.1, -0.05) is 44.5 Å². The van der Waals surface area contributed by atoms with E-state index in [-0.39, 0.29) is 11.7 Å². The first-order valence-electron chi connectivity index (χ1n) is 12.2. The summed E-state index contributed by atoms with van der Waals surface area (Å²) in [5.74, 6) is -0.958. The first kappa shape index (κ1) is 28.7. The van der Waals surface area contributed by atoms with Gasteiger partial charge in [0.25, 0.3) is 5.91 Å². The molecule has 3 atom stereocenters. The maximum atomic E-state index is 13.8. The summed E-state index contributed by atoms with van der Waals surface area (Å²) >= 11 is 0. The normalized spacial score (nSPS) is 13.8. The van der Waals surface area contributed by atoms with Crippen molar-refractivity contribution in [3.8, 4) is 5.75 Å². The Bertz CT molecular complexity index is 1090. The van der Waals surface area contributed by atoms with Crippen LogP contribution in [0.5, 0.6) is 5.75 Å². The molecule has 3 N–H and O–H groups in total. The number of likely N-dealkylation sites (N-methyl/N-ethyl adjacent to an activating group) is 1. The summed E-state index contributed by atoms with van der Waals surface area (Å²) in [6, 6.07) is 10.3. The molecule has 196 valence electrons. The van der Waals surface area contributed by atoms with Crippen molar-refractivity contribution in [2.24, 2.45) is 5.92 Å². The second-order valence-electron chi connectivity index (χ2n) is 10.2. The number of nitrogens with zero attached hydrogens (tertiary/aromatic N) is 1. The molecule has 2 rings (SSSR count). The van der Waals surface area contributed by atoms with E-state index in [1.54, 1.807) is 52.9 Å². The average Bonchev–Trinajstić information content (AvgIpc) is 2.79. The van der Waals surface area contributed by atoms with E-state index in [9.17, 15) is 19.5 Å². The minimum Gasteiger partial charge on any atom is -0.508 e. The van der Waals surface area contributed by atoms with E-state index >= 15 is 0 Å². The van der Waals surface area contributed by atoms with E-state index in [4.69, 9.17) is 4.74 Å². The van der Waals surface area contributed by atoms with Gasteiger partial charge in [0.15, 0.2) is 0 Å². The molecular formula is C28H39N3O5. The SMILES string of the molecule is CCC(C)C(NC(=O)OC(C)(C)C)C(=O)N(C)C(C(=O)Nc1ccccc1C)c1ccc(O)c(C)c1. The van der Waals surface area contributed by atoms with Crippen LogP contribution in [-0.4, -0.2) is 46.6 Å². The van der Waals surface area contributed by atoms with E-state index < -0.39 is 35.6 Å². The number of amides is 3. The van der Waals surface area contributed by atoms with Crippen molar-refractivity contribution >= 4 is 23.6 Å². The fourth-order valence-electron chi connectivity index (χ4n) is 3.78. The lowest BCUT2D eigenvalue weighted by molar-refractivity contribution is -0.140. The summed E-state index contributed by atoms with van der Waals surface area (Å²) in [6.45, 7) is 12.6. The maximum absolute atomic E-state index is 13.8. The van der Waals surface area contributed by atoms with E-state index in [1.807, 2.05) is 39.0 Å². The number of carbonyl (C=O) groups is 3. The summed E-state index contributed by atoms with van der Waals surface area (Å²) in [4.78, 5) is 41.2. The second kappa shape index (κ2) is 11.9. The van der Waals surface area contributed by atoms with Crippen LogP contribution in [0.4, 0.5) is 10.5 Å². The fraction of sp³-hybridized carbons (Fsp3) is 0.464. The number of aryl methyl sites for hydroxylation is 2. The Morgan fingerprint density at radius 1 is 1.06 bits per heavy atom. The van der Waals surface area contributed by atoms with Crippen LogP contribution in [0.1, 0.15) is 63.8 Å². The number of nitrogens with one attached hydrogen (secondary N) is 2. The number of benzene rings is 2. The zero-order valence-corrected chi connectivity index (χ0v) is 22.5. The first-order valence-corrected chi connectivity index (χ1v) is 12.2. The highest BCUT2D eigenvalue weighted by Crippen LogP contribution is 2.28. The molecule has 0 saturated heterocycles. The van der Waals surface area contributed by atoms with Gasteiger partial charge in [0.1, 0.15) is 23.4 Å². The van der Waals surface area contributed by atoms with Gasteiger partial charge in [0.05, 0.1) is 0 Å². The third kappa shape index (κ3) is 7.47. The van der Waals surface area contributed by atoms with Crippen LogP contribution >= 0.6 is 0 Å². The summed E-state index contributed by atoms with van der Waals surface area (Å²) in [6.07, 6.45) is -0.0748. The molecule has 2 aromatic carbocycles. The lowest BCUT2D eigenvalue weighted by atomic mass is 9.95. The predicted octanol–water partition coefficient (Wildman–Crippen LogP) is 5.09. The van der Waals surface area contributed by atoms with Crippen molar-refractivity contribution < 1.29 is 24.2 Å². The molecule has 0 heterocycles. The van der Waals surface area contributed by atoms with Crippen LogP contribution in [0, 0.1) is 19.8 Å². The number of carbonyl (C=O) groups excluding carboxylic acids is 3. The fourth-order valence-corrected chi connectivity index (χ4v) is 3.78. The number of para-hydroxylation sites is 1. The number of anilines is 1. The van der Waals surface area contributed by atoms with Crippen LogP contribution in [0.25, 0.3) is 0 Å². The van der Waals surface area contributed by atoms with Crippen molar-refractivity contribution in [1.82, 2.24) is 10.2 Å². The van der Waals surface area contributed by atoms with Gasteiger partial charge in [0, 0.05) is 12.7 Å². The number of rotatable bonds is 8. The molecule has 0 spiro atoms. The van der Waals surface area contributed by atoms with Crippen LogP contribution in [0.15, 0.2) is 42.5 Å². The van der Waals surface area contributed by atoms with Gasteiger partial charge in [-0.25, -0.2) is 4.79 Å². The Hall–Kier alpha value is -3.55. The van der Waals surface area contributed by atoms with Crippen molar-refractivity contribution in [1.29, 1.82) is 0 Å². The molecule has 0 aromatic heterocycles. The maximum Gasteiger partial charge on any atom is 0.408 e. The highest BCUT2D eigenvalue weighted by molar-refractivity contribution is 5.99. The van der Waals surface area contributed by atoms with E-state index in [1.165, 1.54) is 11.0 Å². The Labute approximate surface area is 214 Å². The minimum atomic E-state index is -1.01. The van der Waals surface area contributed by atoms with Gasteiger partial charge in [-0.3, -0.25) is 9.59 Å². The molecule has 0 bridgehead atoms. The van der Waals surface area contributed by atoms with Crippen LogP contribution in [0.2, 0.25) is 0 Å². The summed E-state index contributed by atoms with van der Waals surface area (Å²) in [5.41, 5.74) is 1.90. The quantitative estimate of drug-likeness (QED) is 0.471. The number of aromatic hydroxyl groups is 1. The molecule has 8 heteroatoms. The molecule has 0 aliphatic heterocycles. The van der Waals surface area contributed by atoms with Crippen molar-refractivity contribution in [3.63, 3.8) is 0 Å². The molecule has 3 amide bonds. The number of alkyl carbamates (subject to hydrolysis) is 1. The lowest BCUT2D eigenvalue weighted by Gasteiger charge is -2.33. The number of phenolic OH excluding ortho intramolecular Hbond substituents is 1. The lowest BCUT2D eigenvalue weighted by Crippen LogP contribution is -2.53. The Balaban J connectivity index is 2.45. The molecule has 0 fully saturated rings. The summed E-state index contributed by atoms with van der Waals surface area (Å²) in [7, 11) is 1.54. The van der Waals surface area contributed by atoms with Gasteiger partial charge >= 0.3 is 6.09 Å².